The second kappa shape index (κ2) is 7.12. The molecular weight excluding hydrogens is 367 g/mol. The van der Waals surface area contributed by atoms with Gasteiger partial charge in [0, 0.05) is 49.6 Å². The van der Waals surface area contributed by atoms with E-state index in [0.29, 0.717) is 23.9 Å². The maximum absolute atomic E-state index is 13.8. The van der Waals surface area contributed by atoms with Crippen molar-refractivity contribution in [3.8, 4) is 5.69 Å². The average molecular weight is 390 g/mol. The van der Waals surface area contributed by atoms with E-state index in [-0.39, 0.29) is 17.8 Å². The molecule has 148 valence electrons. The topological polar surface area (TPSA) is 41.4 Å². The predicted molar refractivity (Wildman–Crippen MR) is 108 cm³/mol. The van der Waals surface area contributed by atoms with Crippen molar-refractivity contribution in [2.75, 3.05) is 26.7 Å². The number of carbonyl (C=O) groups excluding carboxylic acids is 1. The summed E-state index contributed by atoms with van der Waals surface area (Å²) in [5.41, 5.74) is 2.62. The molecule has 6 heteroatoms. The minimum absolute atomic E-state index is 0.0621. The third-order valence-electron chi connectivity index (χ3n) is 6.26. The van der Waals surface area contributed by atoms with E-state index in [9.17, 15) is 9.18 Å². The smallest absolute Gasteiger partial charge is 0.253 e. The fourth-order valence-electron chi connectivity index (χ4n) is 4.98. The van der Waals surface area contributed by atoms with Crippen molar-refractivity contribution >= 4 is 5.91 Å². The van der Waals surface area contributed by atoms with Gasteiger partial charge >= 0.3 is 0 Å². The lowest BCUT2D eigenvalue weighted by molar-refractivity contribution is 0.0768. The van der Waals surface area contributed by atoms with E-state index in [1.165, 1.54) is 6.07 Å². The van der Waals surface area contributed by atoms with Gasteiger partial charge in [-0.05, 0) is 61.0 Å². The van der Waals surface area contributed by atoms with E-state index in [1.54, 1.807) is 23.0 Å². The molecule has 5 rings (SSSR count). The van der Waals surface area contributed by atoms with E-state index in [0.717, 1.165) is 24.3 Å². The van der Waals surface area contributed by atoms with Gasteiger partial charge in [0.25, 0.3) is 5.91 Å². The number of rotatable bonds is 3. The lowest BCUT2D eigenvalue weighted by Crippen LogP contribution is -2.33. The number of carbonyl (C=O) groups is 1. The Kier molecular flexibility index (Phi) is 4.43. The number of hydrogen-bond acceptors (Lipinski definition) is 3. The summed E-state index contributed by atoms with van der Waals surface area (Å²) < 4.78 is 15.5. The van der Waals surface area contributed by atoms with Crippen LogP contribution in [0, 0.1) is 17.7 Å². The zero-order valence-electron chi connectivity index (χ0n) is 16.3. The molecule has 0 unspecified atom stereocenters. The highest BCUT2D eigenvalue weighted by molar-refractivity contribution is 5.94. The molecule has 2 fully saturated rings. The van der Waals surface area contributed by atoms with Crippen molar-refractivity contribution in [1.82, 2.24) is 19.6 Å². The van der Waals surface area contributed by atoms with Gasteiger partial charge in [0.05, 0.1) is 5.69 Å². The highest BCUT2D eigenvalue weighted by Crippen LogP contribution is 2.44. The first-order chi connectivity index (χ1) is 14.1. The molecule has 2 saturated heterocycles. The minimum atomic E-state index is -0.206. The monoisotopic (exact) mass is 390 g/mol. The van der Waals surface area contributed by atoms with Gasteiger partial charge in [-0.3, -0.25) is 9.69 Å². The van der Waals surface area contributed by atoms with Crippen LogP contribution in [0.15, 0.2) is 67.0 Å². The Morgan fingerprint density at radius 3 is 2.62 bits per heavy atom. The highest BCUT2D eigenvalue weighted by Gasteiger charge is 2.47. The molecule has 1 aromatic heterocycles. The zero-order chi connectivity index (χ0) is 20.0. The normalized spacial score (nSPS) is 24.1. The molecule has 0 bridgehead atoms. The third kappa shape index (κ3) is 3.23. The fraction of sp³-hybridized carbons (Fsp3) is 0.304. The largest absolute Gasteiger partial charge is 0.338 e. The van der Waals surface area contributed by atoms with Crippen LogP contribution < -0.4 is 0 Å². The number of aromatic nitrogens is 2. The molecule has 0 radical (unpaired) electrons. The van der Waals surface area contributed by atoms with Gasteiger partial charge in [0.15, 0.2) is 0 Å². The number of benzene rings is 2. The summed E-state index contributed by atoms with van der Waals surface area (Å²) in [6.45, 7) is 2.38. The van der Waals surface area contributed by atoms with Gasteiger partial charge in [0.2, 0.25) is 0 Å². The Morgan fingerprint density at radius 2 is 1.90 bits per heavy atom. The second-order valence-corrected chi connectivity index (χ2v) is 8.07. The van der Waals surface area contributed by atoms with Gasteiger partial charge in [0.1, 0.15) is 5.82 Å². The molecule has 3 atom stereocenters. The quantitative estimate of drug-likeness (QED) is 0.688. The van der Waals surface area contributed by atoms with Crippen LogP contribution in [0.3, 0.4) is 0 Å². The number of halogens is 1. The van der Waals surface area contributed by atoms with Crippen LogP contribution in [0.5, 0.6) is 0 Å². The molecule has 0 saturated carbocycles. The van der Waals surface area contributed by atoms with Crippen LogP contribution in [0.25, 0.3) is 5.69 Å². The number of nitrogens with zero attached hydrogens (tertiary/aromatic N) is 4. The summed E-state index contributed by atoms with van der Waals surface area (Å²) in [5.74, 6) is 0.601. The van der Waals surface area contributed by atoms with Crippen LogP contribution >= 0.6 is 0 Å². The van der Waals surface area contributed by atoms with Crippen LogP contribution in [-0.4, -0.2) is 52.2 Å². The van der Waals surface area contributed by atoms with Crippen molar-refractivity contribution < 1.29 is 9.18 Å². The Morgan fingerprint density at radius 1 is 1.07 bits per heavy atom. The second-order valence-electron chi connectivity index (χ2n) is 8.07. The molecule has 5 nitrogen and oxygen atoms in total. The van der Waals surface area contributed by atoms with Gasteiger partial charge in [-0.2, -0.15) is 5.10 Å². The van der Waals surface area contributed by atoms with Gasteiger partial charge in [-0.1, -0.05) is 12.1 Å². The predicted octanol–water partition coefficient (Wildman–Crippen LogP) is 3.39. The van der Waals surface area contributed by atoms with Crippen LogP contribution in [0.4, 0.5) is 4.39 Å². The Hall–Kier alpha value is -2.99. The summed E-state index contributed by atoms with van der Waals surface area (Å²) in [7, 11) is 2.09. The zero-order valence-corrected chi connectivity index (χ0v) is 16.3. The Balaban J connectivity index is 1.33. The minimum Gasteiger partial charge on any atom is -0.338 e. The standard InChI is InChI=1S/C23H23FN4O/c1-26-13-18-14-27(15-21(18)22(26)17-4-2-5-19(24)12-17)23(29)16-6-8-20(9-7-16)28-11-3-10-25-28/h2-12,18,21-22H,13-15H2,1H3/t18-,21+,22-/m0/s1. The molecule has 0 spiro atoms. The van der Waals surface area contributed by atoms with E-state index in [1.807, 2.05) is 47.5 Å². The molecule has 2 aliphatic rings. The van der Waals surface area contributed by atoms with E-state index in [4.69, 9.17) is 0 Å². The highest BCUT2D eigenvalue weighted by atomic mass is 19.1. The SMILES string of the molecule is CN1C[C@H]2CN(C(=O)c3ccc(-n4cccn4)cc3)C[C@H]2[C@@H]1c1cccc(F)c1. The van der Waals surface area contributed by atoms with Crippen molar-refractivity contribution in [2.24, 2.45) is 11.8 Å². The van der Waals surface area contributed by atoms with Gasteiger partial charge in [-0.25, -0.2) is 9.07 Å². The molecule has 2 aliphatic heterocycles. The third-order valence-corrected chi connectivity index (χ3v) is 6.26. The van der Waals surface area contributed by atoms with Crippen LogP contribution in [0.1, 0.15) is 22.0 Å². The Bertz CT molecular complexity index is 1020. The van der Waals surface area contributed by atoms with E-state index < -0.39 is 0 Å². The van der Waals surface area contributed by atoms with Gasteiger partial charge in [-0.15, -0.1) is 0 Å². The first kappa shape index (κ1) is 18.1. The lowest BCUT2D eigenvalue weighted by atomic mass is 9.89. The maximum atomic E-state index is 13.8. The lowest BCUT2D eigenvalue weighted by Gasteiger charge is -2.27. The molecule has 3 aromatic rings. The molecule has 2 aromatic carbocycles. The summed E-state index contributed by atoms with van der Waals surface area (Å²) in [6, 6.07) is 16.4. The number of fused-ring (bicyclic) bond motifs is 1. The fourth-order valence-corrected chi connectivity index (χ4v) is 4.98. The van der Waals surface area contributed by atoms with Crippen molar-refractivity contribution in [3.05, 3.63) is 83.9 Å². The summed E-state index contributed by atoms with van der Waals surface area (Å²) in [6.07, 6.45) is 3.61. The molecular formula is C23H23FN4O. The van der Waals surface area contributed by atoms with E-state index in [2.05, 4.69) is 17.0 Å². The average Bonchev–Trinajstić information content (AvgIpc) is 3.44. The molecule has 0 aliphatic carbocycles. The van der Waals surface area contributed by atoms with Crippen LogP contribution in [-0.2, 0) is 0 Å². The van der Waals surface area contributed by atoms with Crippen molar-refractivity contribution in [2.45, 2.75) is 6.04 Å². The van der Waals surface area contributed by atoms with Crippen molar-refractivity contribution in [1.29, 1.82) is 0 Å². The summed E-state index contributed by atoms with van der Waals surface area (Å²) in [4.78, 5) is 17.3. The first-order valence-corrected chi connectivity index (χ1v) is 9.95. The number of hydrogen-bond donors (Lipinski definition) is 0. The molecule has 1 amide bonds. The molecule has 0 N–H and O–H groups in total. The maximum Gasteiger partial charge on any atom is 0.253 e. The number of likely N-dealkylation sites (tertiary alicyclic amines) is 2. The Labute approximate surface area is 169 Å². The molecule has 3 heterocycles. The van der Waals surface area contributed by atoms with Crippen LogP contribution in [0.2, 0.25) is 0 Å². The summed E-state index contributed by atoms with van der Waals surface area (Å²) >= 11 is 0. The van der Waals surface area contributed by atoms with Gasteiger partial charge < -0.3 is 4.90 Å². The van der Waals surface area contributed by atoms with E-state index >= 15 is 0 Å². The first-order valence-electron chi connectivity index (χ1n) is 9.95. The summed E-state index contributed by atoms with van der Waals surface area (Å²) in [5, 5.41) is 4.22. The molecule has 29 heavy (non-hydrogen) atoms. The number of amides is 1. The van der Waals surface area contributed by atoms with Crippen molar-refractivity contribution in [3.63, 3.8) is 0 Å².